The lowest BCUT2D eigenvalue weighted by molar-refractivity contribution is -0.122. The highest BCUT2D eigenvalue weighted by Gasteiger charge is 2.10. The molecule has 1 heterocycles. The van der Waals surface area contributed by atoms with Gasteiger partial charge in [-0.3, -0.25) is 4.79 Å². The van der Waals surface area contributed by atoms with Crippen LogP contribution in [0.5, 0.6) is 0 Å². The van der Waals surface area contributed by atoms with Crippen LogP contribution in [0.4, 0.5) is 0 Å². The zero-order chi connectivity index (χ0) is 10.6. The minimum Gasteiger partial charge on any atom is -0.349 e. The van der Waals surface area contributed by atoms with E-state index in [-0.39, 0.29) is 5.91 Å². The Labute approximate surface area is 87.5 Å². The number of hydrogen-bond donors (Lipinski definition) is 2. The lowest BCUT2D eigenvalue weighted by Crippen LogP contribution is -2.39. The van der Waals surface area contributed by atoms with Crippen LogP contribution in [0.2, 0.25) is 0 Å². The van der Waals surface area contributed by atoms with Crippen LogP contribution >= 0.6 is 11.3 Å². The molecule has 0 fully saturated rings. The fraction of sp³-hybridized carbons (Fsp3) is 0.556. The zero-order valence-electron chi connectivity index (χ0n) is 8.41. The van der Waals surface area contributed by atoms with Crippen LogP contribution in [0, 0.1) is 6.92 Å². The first-order valence-corrected chi connectivity index (χ1v) is 5.45. The van der Waals surface area contributed by atoms with Crippen molar-refractivity contribution in [2.75, 3.05) is 0 Å². The maximum Gasteiger partial charge on any atom is 0.237 e. The summed E-state index contributed by atoms with van der Waals surface area (Å²) in [6, 6.07) is -0.408. The summed E-state index contributed by atoms with van der Waals surface area (Å²) in [5.41, 5.74) is 6.45. The number of nitrogens with two attached hydrogens (primary N) is 1. The number of nitrogens with one attached hydrogen (secondary N) is 1. The number of carbonyl (C=O) groups excluding carboxylic acids is 1. The molecule has 14 heavy (non-hydrogen) atoms. The minimum atomic E-state index is -0.408. The first-order chi connectivity index (χ1) is 6.63. The molecule has 0 radical (unpaired) electrons. The van der Waals surface area contributed by atoms with E-state index in [4.69, 9.17) is 5.73 Å². The van der Waals surface area contributed by atoms with E-state index in [1.54, 1.807) is 11.3 Å². The maximum atomic E-state index is 11.3. The molecule has 0 aromatic carbocycles. The number of amides is 1. The molecule has 1 amide bonds. The van der Waals surface area contributed by atoms with Crippen LogP contribution in [0.1, 0.15) is 24.0 Å². The Morgan fingerprint density at radius 3 is 3.00 bits per heavy atom. The molecule has 0 bridgehead atoms. The highest BCUT2D eigenvalue weighted by atomic mass is 32.1. The highest BCUT2D eigenvalue weighted by Crippen LogP contribution is 2.07. The summed E-state index contributed by atoms with van der Waals surface area (Å²) in [7, 11) is 0. The van der Waals surface area contributed by atoms with Crippen molar-refractivity contribution in [2.24, 2.45) is 5.73 Å². The van der Waals surface area contributed by atoms with E-state index in [0.717, 1.165) is 10.7 Å². The van der Waals surface area contributed by atoms with Gasteiger partial charge in [0.15, 0.2) is 0 Å². The highest BCUT2D eigenvalue weighted by molar-refractivity contribution is 7.09. The third-order valence-electron chi connectivity index (χ3n) is 1.89. The molecule has 78 valence electrons. The second-order valence-electron chi connectivity index (χ2n) is 3.09. The molecule has 1 rings (SSSR count). The van der Waals surface area contributed by atoms with Crippen molar-refractivity contribution in [1.29, 1.82) is 0 Å². The molecule has 0 aliphatic carbocycles. The van der Waals surface area contributed by atoms with E-state index in [2.05, 4.69) is 10.3 Å². The normalized spacial score (nSPS) is 12.5. The molecule has 3 N–H and O–H groups in total. The quantitative estimate of drug-likeness (QED) is 0.777. The van der Waals surface area contributed by atoms with Gasteiger partial charge in [0.1, 0.15) is 0 Å². The summed E-state index contributed by atoms with van der Waals surface area (Å²) in [5.74, 6) is -0.113. The van der Waals surface area contributed by atoms with Crippen molar-refractivity contribution in [3.05, 3.63) is 16.1 Å². The Morgan fingerprint density at radius 2 is 2.50 bits per heavy atom. The fourth-order valence-electron chi connectivity index (χ4n) is 0.984. The Balaban J connectivity index is 2.37. The van der Waals surface area contributed by atoms with Crippen molar-refractivity contribution in [1.82, 2.24) is 10.3 Å². The summed E-state index contributed by atoms with van der Waals surface area (Å²) < 4.78 is 0. The number of hydrogen-bond acceptors (Lipinski definition) is 4. The third kappa shape index (κ3) is 3.08. The van der Waals surface area contributed by atoms with E-state index in [1.165, 1.54) is 0 Å². The molecular formula is C9H15N3OS. The molecule has 1 aromatic heterocycles. The van der Waals surface area contributed by atoms with Crippen LogP contribution in [0.25, 0.3) is 0 Å². The molecule has 1 atom stereocenters. The third-order valence-corrected chi connectivity index (χ3v) is 2.71. The second kappa shape index (κ2) is 5.07. The first-order valence-electron chi connectivity index (χ1n) is 4.57. The summed E-state index contributed by atoms with van der Waals surface area (Å²) in [4.78, 5) is 15.5. The Kier molecular flexibility index (Phi) is 4.03. The van der Waals surface area contributed by atoms with E-state index >= 15 is 0 Å². The van der Waals surface area contributed by atoms with Crippen LogP contribution in [0.15, 0.2) is 5.38 Å². The van der Waals surface area contributed by atoms with Gasteiger partial charge in [-0.25, -0.2) is 4.98 Å². The van der Waals surface area contributed by atoms with E-state index in [9.17, 15) is 4.79 Å². The number of rotatable bonds is 4. The predicted molar refractivity (Wildman–Crippen MR) is 57.0 cm³/mol. The number of thiazole rings is 1. The molecule has 0 saturated carbocycles. The lowest BCUT2D eigenvalue weighted by atomic mass is 10.2. The van der Waals surface area contributed by atoms with Gasteiger partial charge in [0, 0.05) is 5.38 Å². The molecule has 4 nitrogen and oxygen atoms in total. The molecule has 0 aliphatic heterocycles. The molecule has 1 aromatic rings. The summed E-state index contributed by atoms with van der Waals surface area (Å²) in [5, 5.41) is 5.69. The van der Waals surface area contributed by atoms with Crippen LogP contribution in [0.3, 0.4) is 0 Å². The Hall–Kier alpha value is -0.940. The van der Waals surface area contributed by atoms with Gasteiger partial charge in [0.25, 0.3) is 0 Å². The lowest BCUT2D eigenvalue weighted by Gasteiger charge is -2.08. The number of aromatic nitrogens is 1. The van der Waals surface area contributed by atoms with Gasteiger partial charge < -0.3 is 11.1 Å². The number of carbonyl (C=O) groups is 1. The van der Waals surface area contributed by atoms with Crippen molar-refractivity contribution in [2.45, 2.75) is 32.9 Å². The molecular weight excluding hydrogens is 198 g/mol. The predicted octanol–water partition coefficient (Wildman–Crippen LogP) is 0.805. The number of aryl methyl sites for hydroxylation is 1. The SMILES string of the molecule is CC[C@H](N)C(=O)NCc1csc(C)n1. The van der Waals surface area contributed by atoms with Crippen molar-refractivity contribution in [3.8, 4) is 0 Å². The average molecular weight is 213 g/mol. The Bertz CT molecular complexity index is 311. The van der Waals surface area contributed by atoms with E-state index in [1.807, 2.05) is 19.2 Å². The summed E-state index contributed by atoms with van der Waals surface area (Å²) >= 11 is 1.58. The van der Waals surface area contributed by atoms with Gasteiger partial charge in [-0.2, -0.15) is 0 Å². The molecule has 0 unspecified atom stereocenters. The molecule has 0 aliphatic rings. The molecule has 5 heteroatoms. The number of nitrogens with zero attached hydrogens (tertiary/aromatic N) is 1. The smallest absolute Gasteiger partial charge is 0.237 e. The topological polar surface area (TPSA) is 68.0 Å². The zero-order valence-corrected chi connectivity index (χ0v) is 9.23. The van der Waals surface area contributed by atoms with Crippen LogP contribution < -0.4 is 11.1 Å². The van der Waals surface area contributed by atoms with Crippen LogP contribution in [-0.2, 0) is 11.3 Å². The van der Waals surface area contributed by atoms with Crippen LogP contribution in [-0.4, -0.2) is 16.9 Å². The first kappa shape index (κ1) is 11.1. The van der Waals surface area contributed by atoms with Crippen molar-refractivity contribution >= 4 is 17.2 Å². The van der Waals surface area contributed by atoms with E-state index in [0.29, 0.717) is 13.0 Å². The largest absolute Gasteiger partial charge is 0.349 e. The van der Waals surface area contributed by atoms with Gasteiger partial charge in [-0.15, -0.1) is 11.3 Å². The van der Waals surface area contributed by atoms with E-state index < -0.39 is 6.04 Å². The van der Waals surface area contributed by atoms with Crippen molar-refractivity contribution < 1.29 is 4.79 Å². The van der Waals surface area contributed by atoms with Crippen molar-refractivity contribution in [3.63, 3.8) is 0 Å². The second-order valence-corrected chi connectivity index (χ2v) is 4.15. The van der Waals surface area contributed by atoms with Gasteiger partial charge >= 0.3 is 0 Å². The minimum absolute atomic E-state index is 0.113. The van der Waals surface area contributed by atoms with Gasteiger partial charge in [-0.1, -0.05) is 6.92 Å². The Morgan fingerprint density at radius 1 is 1.79 bits per heavy atom. The summed E-state index contributed by atoms with van der Waals surface area (Å²) in [6.45, 7) is 4.29. The molecule has 0 saturated heterocycles. The van der Waals surface area contributed by atoms with Gasteiger partial charge in [0.2, 0.25) is 5.91 Å². The maximum absolute atomic E-state index is 11.3. The standard InChI is InChI=1S/C9H15N3OS/c1-3-8(10)9(13)11-4-7-5-14-6(2)12-7/h5,8H,3-4,10H2,1-2H3,(H,11,13)/t8-/m0/s1. The van der Waals surface area contributed by atoms with Gasteiger partial charge in [-0.05, 0) is 13.3 Å². The monoisotopic (exact) mass is 213 g/mol. The average Bonchev–Trinajstić information content (AvgIpc) is 2.59. The van der Waals surface area contributed by atoms with Gasteiger partial charge in [0.05, 0.1) is 23.3 Å². The molecule has 0 spiro atoms. The fourth-order valence-corrected chi connectivity index (χ4v) is 1.60. The summed E-state index contributed by atoms with van der Waals surface area (Å²) in [6.07, 6.45) is 0.655.